The standard InChI is InChI=1S/C26H32N4O4.ClH/c27-26(34)30-15-4-5-20(12-16-30)28-25(33)19-8-6-18(7-9-19)24(32)22-17-21(10-11-23(22)31)29-13-2-1-3-14-29;/h6-11,17,20,31H,1-5,12-16H2,(H2,27,34)(H,28,33);1H/t20-;/m0./s1. The van der Waals surface area contributed by atoms with Gasteiger partial charge in [0.25, 0.3) is 5.91 Å². The van der Waals surface area contributed by atoms with Crippen LogP contribution in [-0.2, 0) is 0 Å². The van der Waals surface area contributed by atoms with Crippen LogP contribution < -0.4 is 16.0 Å². The Bertz CT molecular complexity index is 1050. The van der Waals surface area contributed by atoms with E-state index in [9.17, 15) is 19.5 Å². The van der Waals surface area contributed by atoms with E-state index >= 15 is 0 Å². The predicted molar refractivity (Wildman–Crippen MR) is 138 cm³/mol. The zero-order valence-corrected chi connectivity index (χ0v) is 20.6. The molecular weight excluding hydrogens is 468 g/mol. The number of halogens is 1. The molecule has 35 heavy (non-hydrogen) atoms. The number of primary amides is 1. The number of ketones is 1. The highest BCUT2D eigenvalue weighted by Crippen LogP contribution is 2.28. The third-order valence-electron chi connectivity index (χ3n) is 6.73. The maximum atomic E-state index is 13.1. The lowest BCUT2D eigenvalue weighted by Crippen LogP contribution is -2.38. The van der Waals surface area contributed by atoms with Crippen LogP contribution in [0.4, 0.5) is 10.5 Å². The largest absolute Gasteiger partial charge is 0.507 e. The van der Waals surface area contributed by atoms with Crippen molar-refractivity contribution in [3.8, 4) is 5.75 Å². The molecule has 0 aromatic heterocycles. The third kappa shape index (κ3) is 6.45. The number of hydrogen-bond donors (Lipinski definition) is 3. The van der Waals surface area contributed by atoms with E-state index in [0.29, 0.717) is 30.6 Å². The number of rotatable bonds is 5. The second-order valence-electron chi connectivity index (χ2n) is 9.08. The molecule has 2 aromatic carbocycles. The number of benzene rings is 2. The average molecular weight is 501 g/mol. The minimum absolute atomic E-state index is 0. The van der Waals surface area contributed by atoms with Crippen LogP contribution in [-0.4, -0.2) is 59.9 Å². The number of phenolic OH excluding ortho intramolecular Hbond substituents is 1. The number of anilines is 1. The van der Waals surface area contributed by atoms with Gasteiger partial charge in [0.15, 0.2) is 5.78 Å². The molecule has 4 N–H and O–H groups in total. The fourth-order valence-corrected chi connectivity index (χ4v) is 4.71. The number of hydrogen-bond acceptors (Lipinski definition) is 5. The van der Waals surface area contributed by atoms with E-state index in [1.165, 1.54) is 6.42 Å². The number of aromatic hydroxyl groups is 1. The van der Waals surface area contributed by atoms with Gasteiger partial charge in [-0.25, -0.2) is 4.79 Å². The first-order valence-electron chi connectivity index (χ1n) is 12.0. The van der Waals surface area contributed by atoms with E-state index in [1.54, 1.807) is 41.3 Å². The fourth-order valence-electron chi connectivity index (χ4n) is 4.71. The van der Waals surface area contributed by atoms with E-state index < -0.39 is 6.03 Å². The smallest absolute Gasteiger partial charge is 0.314 e. The zero-order chi connectivity index (χ0) is 24.1. The van der Waals surface area contributed by atoms with Crippen molar-refractivity contribution in [2.75, 3.05) is 31.1 Å². The number of phenols is 1. The highest BCUT2D eigenvalue weighted by atomic mass is 35.5. The first kappa shape index (κ1) is 26.3. The molecule has 0 spiro atoms. The quantitative estimate of drug-likeness (QED) is 0.541. The molecule has 0 unspecified atom stereocenters. The summed E-state index contributed by atoms with van der Waals surface area (Å²) >= 11 is 0. The van der Waals surface area contributed by atoms with Crippen molar-refractivity contribution in [3.63, 3.8) is 0 Å². The van der Waals surface area contributed by atoms with Gasteiger partial charge in [-0.3, -0.25) is 9.59 Å². The minimum Gasteiger partial charge on any atom is -0.507 e. The molecule has 2 aliphatic rings. The van der Waals surface area contributed by atoms with Gasteiger partial charge in [0.1, 0.15) is 5.75 Å². The number of nitrogens with two attached hydrogens (primary N) is 1. The van der Waals surface area contributed by atoms with Crippen LogP contribution in [0.5, 0.6) is 5.75 Å². The third-order valence-corrected chi connectivity index (χ3v) is 6.73. The molecule has 2 aromatic rings. The van der Waals surface area contributed by atoms with Gasteiger partial charge in [-0.05, 0) is 68.9 Å². The van der Waals surface area contributed by atoms with E-state index in [-0.39, 0.29) is 41.5 Å². The number of nitrogens with zero attached hydrogens (tertiary/aromatic N) is 2. The molecule has 2 saturated heterocycles. The Balaban J connectivity index is 0.00000342. The lowest BCUT2D eigenvalue weighted by Gasteiger charge is -2.29. The number of urea groups is 1. The van der Waals surface area contributed by atoms with Gasteiger partial charge >= 0.3 is 6.03 Å². The van der Waals surface area contributed by atoms with Crippen LogP contribution in [0, 0.1) is 0 Å². The van der Waals surface area contributed by atoms with Crippen LogP contribution in [0.15, 0.2) is 42.5 Å². The molecule has 2 heterocycles. The minimum atomic E-state index is -0.431. The zero-order valence-electron chi connectivity index (χ0n) is 19.7. The Morgan fingerprint density at radius 2 is 1.54 bits per heavy atom. The van der Waals surface area contributed by atoms with Crippen LogP contribution in [0.25, 0.3) is 0 Å². The lowest BCUT2D eigenvalue weighted by atomic mass is 9.99. The number of piperidine rings is 1. The van der Waals surface area contributed by atoms with Gasteiger partial charge < -0.3 is 26.0 Å². The Kier molecular flexibility index (Phi) is 8.98. The summed E-state index contributed by atoms with van der Waals surface area (Å²) in [5, 5.41) is 13.4. The Hall–Kier alpha value is -3.26. The topological polar surface area (TPSA) is 116 Å². The molecule has 0 saturated carbocycles. The molecule has 2 aliphatic heterocycles. The van der Waals surface area contributed by atoms with Crippen molar-refractivity contribution in [2.24, 2.45) is 5.73 Å². The molecule has 0 radical (unpaired) electrons. The molecule has 1 atom stereocenters. The summed E-state index contributed by atoms with van der Waals surface area (Å²) in [6.45, 7) is 3.02. The van der Waals surface area contributed by atoms with E-state index in [4.69, 9.17) is 5.73 Å². The lowest BCUT2D eigenvalue weighted by molar-refractivity contribution is 0.0932. The number of carbonyl (C=O) groups is 3. The van der Waals surface area contributed by atoms with Crippen molar-refractivity contribution >= 4 is 35.8 Å². The summed E-state index contributed by atoms with van der Waals surface area (Å²) in [5.74, 6) is -0.545. The van der Waals surface area contributed by atoms with Crippen molar-refractivity contribution in [1.82, 2.24) is 10.2 Å². The summed E-state index contributed by atoms with van der Waals surface area (Å²) in [6, 6.07) is 11.2. The van der Waals surface area contributed by atoms with Gasteiger partial charge in [0, 0.05) is 49.0 Å². The maximum absolute atomic E-state index is 13.1. The predicted octanol–water partition coefficient (Wildman–Crippen LogP) is 3.70. The van der Waals surface area contributed by atoms with Crippen molar-refractivity contribution in [1.29, 1.82) is 0 Å². The van der Waals surface area contributed by atoms with Crippen LogP contribution in [0.2, 0.25) is 0 Å². The molecule has 8 nitrogen and oxygen atoms in total. The van der Waals surface area contributed by atoms with Gasteiger partial charge in [0.05, 0.1) is 5.56 Å². The molecule has 3 amide bonds. The number of nitrogens with one attached hydrogen (secondary N) is 1. The number of carbonyl (C=O) groups excluding carboxylic acids is 3. The van der Waals surface area contributed by atoms with Gasteiger partial charge in [-0.15, -0.1) is 12.4 Å². The summed E-state index contributed by atoms with van der Waals surface area (Å²) < 4.78 is 0. The number of likely N-dealkylation sites (tertiary alicyclic amines) is 1. The second kappa shape index (κ2) is 11.9. The molecule has 0 bridgehead atoms. The van der Waals surface area contributed by atoms with Gasteiger partial charge in [0.2, 0.25) is 0 Å². The molecule has 188 valence electrons. The molecule has 0 aliphatic carbocycles. The number of amides is 3. The van der Waals surface area contributed by atoms with Gasteiger partial charge in [-0.2, -0.15) is 0 Å². The molecule has 9 heteroatoms. The summed E-state index contributed by atoms with van der Waals surface area (Å²) in [7, 11) is 0. The fraction of sp³-hybridized carbons (Fsp3) is 0.423. The van der Waals surface area contributed by atoms with Crippen LogP contribution in [0.1, 0.15) is 64.8 Å². The van der Waals surface area contributed by atoms with Crippen molar-refractivity contribution in [3.05, 3.63) is 59.2 Å². The average Bonchev–Trinajstić information content (AvgIpc) is 3.10. The van der Waals surface area contributed by atoms with Gasteiger partial charge in [-0.1, -0.05) is 12.1 Å². The van der Waals surface area contributed by atoms with Crippen molar-refractivity contribution < 1.29 is 19.5 Å². The molecule has 4 rings (SSSR count). The maximum Gasteiger partial charge on any atom is 0.314 e. The molecule has 2 fully saturated rings. The monoisotopic (exact) mass is 500 g/mol. The van der Waals surface area contributed by atoms with E-state index in [0.717, 1.165) is 44.5 Å². The summed E-state index contributed by atoms with van der Waals surface area (Å²) in [4.78, 5) is 41.0. The Morgan fingerprint density at radius 3 is 2.23 bits per heavy atom. The SMILES string of the molecule is Cl.NC(=O)N1CCC[C@H](NC(=O)c2ccc(C(=O)c3cc(N4CCCCC4)ccc3O)cc2)CC1. The summed E-state index contributed by atoms with van der Waals surface area (Å²) in [5.41, 5.74) is 7.43. The summed E-state index contributed by atoms with van der Waals surface area (Å²) in [6.07, 6.45) is 5.67. The first-order chi connectivity index (χ1) is 16.4. The van der Waals surface area contributed by atoms with Crippen LogP contribution in [0.3, 0.4) is 0 Å². The van der Waals surface area contributed by atoms with Crippen LogP contribution >= 0.6 is 12.4 Å². The second-order valence-corrected chi connectivity index (χ2v) is 9.08. The Morgan fingerprint density at radius 1 is 0.857 bits per heavy atom. The first-order valence-corrected chi connectivity index (χ1v) is 12.0. The molecular formula is C26H33ClN4O4. The highest BCUT2D eigenvalue weighted by molar-refractivity contribution is 6.11. The Labute approximate surface area is 211 Å². The van der Waals surface area contributed by atoms with E-state index in [1.807, 2.05) is 6.07 Å². The van der Waals surface area contributed by atoms with Crippen molar-refractivity contribution in [2.45, 2.75) is 44.6 Å². The highest BCUT2D eigenvalue weighted by Gasteiger charge is 2.22. The van der Waals surface area contributed by atoms with E-state index in [2.05, 4.69) is 10.2 Å². The normalized spacial score (nSPS) is 18.2.